The minimum Gasteiger partial charge on any atom is -0.465 e. The Morgan fingerprint density at radius 2 is 1.96 bits per heavy atom. The van der Waals surface area contributed by atoms with Gasteiger partial charge < -0.3 is 19.2 Å². The highest BCUT2D eigenvalue weighted by atomic mass is 16.7. The van der Waals surface area contributed by atoms with Crippen molar-refractivity contribution in [2.45, 2.75) is 34.0 Å². The molecule has 4 atom stereocenters. The van der Waals surface area contributed by atoms with Crippen molar-refractivity contribution in [2.24, 2.45) is 17.8 Å². The predicted molar refractivity (Wildman–Crippen MR) is 94.6 cm³/mol. The summed E-state index contributed by atoms with van der Waals surface area (Å²) in [5.74, 6) is 1.52. The van der Waals surface area contributed by atoms with Crippen molar-refractivity contribution in [3.8, 4) is 5.75 Å². The van der Waals surface area contributed by atoms with Crippen molar-refractivity contribution < 1.29 is 18.7 Å². The van der Waals surface area contributed by atoms with Crippen LogP contribution in [0, 0.1) is 17.8 Å². The van der Waals surface area contributed by atoms with Crippen molar-refractivity contribution in [1.29, 1.82) is 0 Å². The van der Waals surface area contributed by atoms with Gasteiger partial charge in [0, 0.05) is 24.3 Å². The largest absolute Gasteiger partial charge is 0.465 e. The third-order valence-electron chi connectivity index (χ3n) is 4.95. The molecule has 2 heterocycles. The molecule has 6 heteroatoms. The van der Waals surface area contributed by atoms with Crippen LogP contribution in [-0.4, -0.2) is 18.8 Å². The van der Waals surface area contributed by atoms with E-state index in [1.165, 1.54) is 6.92 Å². The van der Waals surface area contributed by atoms with Gasteiger partial charge in [-0.3, -0.25) is 4.79 Å². The first-order valence-electron chi connectivity index (χ1n) is 8.49. The Labute approximate surface area is 146 Å². The zero-order valence-corrected chi connectivity index (χ0v) is 14.9. The lowest BCUT2D eigenvalue weighted by Crippen LogP contribution is -2.41. The molecule has 1 N–H and O–H groups in total. The number of anilines is 1. The maximum absolute atomic E-state index is 12.0. The molecule has 0 saturated carbocycles. The number of rotatable bonds is 3. The second-order valence-corrected chi connectivity index (χ2v) is 6.84. The number of ether oxygens (including phenoxy) is 2. The van der Waals surface area contributed by atoms with Gasteiger partial charge in [-0.2, -0.15) is 0 Å². The van der Waals surface area contributed by atoms with Crippen LogP contribution in [0.4, 0.5) is 5.69 Å². The summed E-state index contributed by atoms with van der Waals surface area (Å²) in [6.07, 6.45) is -0.325. The van der Waals surface area contributed by atoms with Gasteiger partial charge in [0.25, 0.3) is 0 Å². The minimum absolute atomic E-state index is 0.126. The molecule has 1 aromatic heterocycles. The fourth-order valence-electron chi connectivity index (χ4n) is 3.03. The highest BCUT2D eigenvalue weighted by Crippen LogP contribution is 2.32. The van der Waals surface area contributed by atoms with Gasteiger partial charge in [-0.1, -0.05) is 20.8 Å². The van der Waals surface area contributed by atoms with E-state index in [4.69, 9.17) is 13.9 Å². The van der Waals surface area contributed by atoms with Crippen LogP contribution in [0.1, 0.15) is 27.7 Å². The lowest BCUT2D eigenvalue weighted by atomic mass is 9.83. The van der Waals surface area contributed by atoms with E-state index in [1.807, 2.05) is 0 Å². The van der Waals surface area contributed by atoms with E-state index in [0.717, 1.165) is 0 Å². The summed E-state index contributed by atoms with van der Waals surface area (Å²) in [5, 5.41) is 3.17. The number of nitrogens with one attached hydrogen (secondary N) is 1. The van der Waals surface area contributed by atoms with Gasteiger partial charge in [-0.05, 0) is 30.0 Å². The summed E-state index contributed by atoms with van der Waals surface area (Å²) < 4.78 is 17.1. The maximum atomic E-state index is 12.0. The number of carbonyl (C=O) groups excluding carboxylic acids is 1. The van der Waals surface area contributed by atoms with Gasteiger partial charge in [0.2, 0.25) is 12.2 Å². The Kier molecular flexibility index (Phi) is 4.81. The van der Waals surface area contributed by atoms with Crippen molar-refractivity contribution in [2.75, 3.05) is 11.9 Å². The lowest BCUT2D eigenvalue weighted by molar-refractivity contribution is -0.171. The molecule has 1 fully saturated rings. The highest BCUT2D eigenvalue weighted by molar-refractivity contribution is 5.91. The van der Waals surface area contributed by atoms with Gasteiger partial charge in [0.15, 0.2) is 0 Å². The Hall–Kier alpha value is -2.34. The molecule has 0 spiro atoms. The van der Waals surface area contributed by atoms with Crippen LogP contribution in [0.5, 0.6) is 5.75 Å². The second-order valence-electron chi connectivity index (χ2n) is 6.84. The van der Waals surface area contributed by atoms with E-state index in [2.05, 4.69) is 26.1 Å². The normalized spacial score (nSPS) is 26.4. The number of hydrogen-bond donors (Lipinski definition) is 1. The average molecular weight is 345 g/mol. The number of amides is 1. The first-order valence-corrected chi connectivity index (χ1v) is 8.49. The van der Waals surface area contributed by atoms with E-state index in [1.54, 1.807) is 24.3 Å². The zero-order chi connectivity index (χ0) is 18.1. The SMILES string of the molecule is CC(=O)Nc1cc2ccc(O[C@@H]3OC[C@H](C)[C@H](C)C3C)cc2oc1=O. The fourth-order valence-corrected chi connectivity index (χ4v) is 3.03. The summed E-state index contributed by atoms with van der Waals surface area (Å²) in [6, 6.07) is 6.86. The zero-order valence-electron chi connectivity index (χ0n) is 14.9. The summed E-state index contributed by atoms with van der Waals surface area (Å²) in [6.45, 7) is 8.50. The van der Waals surface area contributed by atoms with Crippen molar-refractivity contribution in [3.05, 3.63) is 34.7 Å². The predicted octanol–water partition coefficient (Wildman–Crippen LogP) is 3.39. The second kappa shape index (κ2) is 6.88. The Balaban J connectivity index is 1.84. The van der Waals surface area contributed by atoms with E-state index in [-0.39, 0.29) is 23.8 Å². The van der Waals surface area contributed by atoms with Crippen molar-refractivity contribution >= 4 is 22.6 Å². The number of fused-ring (bicyclic) bond motifs is 1. The van der Waals surface area contributed by atoms with Gasteiger partial charge in [-0.25, -0.2) is 4.79 Å². The smallest absolute Gasteiger partial charge is 0.360 e. The van der Waals surface area contributed by atoms with Gasteiger partial charge in [0.1, 0.15) is 17.0 Å². The minimum atomic E-state index is -0.593. The van der Waals surface area contributed by atoms with E-state index in [0.29, 0.717) is 35.2 Å². The molecule has 1 unspecified atom stereocenters. The van der Waals surface area contributed by atoms with E-state index < -0.39 is 5.63 Å². The summed E-state index contributed by atoms with van der Waals surface area (Å²) in [7, 11) is 0. The van der Waals surface area contributed by atoms with Crippen LogP contribution in [0.3, 0.4) is 0 Å². The van der Waals surface area contributed by atoms with Crippen LogP contribution in [0.25, 0.3) is 11.0 Å². The Bertz CT molecular complexity index is 843. The first kappa shape index (κ1) is 17.5. The molecule has 25 heavy (non-hydrogen) atoms. The number of benzene rings is 1. The summed E-state index contributed by atoms with van der Waals surface area (Å²) >= 11 is 0. The summed E-state index contributed by atoms with van der Waals surface area (Å²) in [5.41, 5.74) is -0.0632. The van der Waals surface area contributed by atoms with E-state index in [9.17, 15) is 9.59 Å². The third-order valence-corrected chi connectivity index (χ3v) is 4.95. The van der Waals surface area contributed by atoms with Crippen LogP contribution in [-0.2, 0) is 9.53 Å². The first-order chi connectivity index (χ1) is 11.8. The van der Waals surface area contributed by atoms with Gasteiger partial charge in [0.05, 0.1) is 6.61 Å². The summed E-state index contributed by atoms with van der Waals surface area (Å²) in [4.78, 5) is 23.1. The molecular formula is C19H23NO5. The highest BCUT2D eigenvalue weighted by Gasteiger charge is 2.34. The quantitative estimate of drug-likeness (QED) is 0.863. The topological polar surface area (TPSA) is 77.8 Å². The fraction of sp³-hybridized carbons (Fsp3) is 0.474. The van der Waals surface area contributed by atoms with E-state index >= 15 is 0 Å². The Morgan fingerprint density at radius 3 is 2.68 bits per heavy atom. The average Bonchev–Trinajstić information content (AvgIpc) is 2.56. The van der Waals surface area contributed by atoms with Crippen LogP contribution in [0.2, 0.25) is 0 Å². The molecule has 1 aliphatic heterocycles. The molecule has 134 valence electrons. The molecule has 0 radical (unpaired) electrons. The molecule has 2 aromatic rings. The van der Waals surface area contributed by atoms with Crippen LogP contribution < -0.4 is 15.7 Å². The van der Waals surface area contributed by atoms with Gasteiger partial charge in [-0.15, -0.1) is 0 Å². The van der Waals surface area contributed by atoms with Crippen molar-refractivity contribution in [1.82, 2.24) is 0 Å². The number of hydrogen-bond acceptors (Lipinski definition) is 5. The molecular weight excluding hydrogens is 322 g/mol. The molecule has 0 aliphatic carbocycles. The molecule has 1 saturated heterocycles. The molecule has 6 nitrogen and oxygen atoms in total. The third kappa shape index (κ3) is 3.69. The number of carbonyl (C=O) groups is 1. The molecule has 1 amide bonds. The van der Waals surface area contributed by atoms with Crippen LogP contribution >= 0.6 is 0 Å². The molecule has 3 rings (SSSR count). The molecule has 0 bridgehead atoms. The van der Waals surface area contributed by atoms with Gasteiger partial charge >= 0.3 is 5.63 Å². The maximum Gasteiger partial charge on any atom is 0.360 e. The Morgan fingerprint density at radius 1 is 1.20 bits per heavy atom. The standard InChI is InChI=1S/C19H23NO5/c1-10-9-23-19(12(3)11(10)2)24-15-6-5-14-7-16(20-13(4)21)18(22)25-17(14)8-15/h5-8,10-12,19H,9H2,1-4H3,(H,20,21)/t10-,11-,12?,19-/m0/s1. The molecule has 1 aromatic carbocycles. The van der Waals surface area contributed by atoms with Crippen molar-refractivity contribution in [3.63, 3.8) is 0 Å². The molecule has 1 aliphatic rings. The van der Waals surface area contributed by atoms with Crippen LogP contribution in [0.15, 0.2) is 33.5 Å². The monoisotopic (exact) mass is 345 g/mol. The lowest BCUT2D eigenvalue weighted by Gasteiger charge is -2.38.